The number of amides is 1. The average Bonchev–Trinajstić information content (AvgIpc) is 3.17. The van der Waals surface area contributed by atoms with Gasteiger partial charge in [-0.3, -0.25) is 4.79 Å². The number of aliphatic carboxylic acids is 1. The minimum absolute atomic E-state index is 0.0366. The first-order valence-corrected chi connectivity index (χ1v) is 11.8. The number of hydrogen-bond donors (Lipinski definition) is 2. The van der Waals surface area contributed by atoms with Crippen LogP contribution in [-0.4, -0.2) is 23.2 Å². The Bertz CT molecular complexity index is 976. The largest absolute Gasteiger partial charge is 0.481 e. The van der Waals surface area contributed by atoms with Crippen LogP contribution in [-0.2, 0) is 16.1 Å². The highest BCUT2D eigenvalue weighted by atomic mass is 16.5. The lowest BCUT2D eigenvalue weighted by molar-refractivity contribution is -0.145. The zero-order valence-corrected chi connectivity index (χ0v) is 21.1. The first-order chi connectivity index (χ1) is 15.7. The van der Waals surface area contributed by atoms with Crippen LogP contribution in [0.25, 0.3) is 0 Å². The van der Waals surface area contributed by atoms with Gasteiger partial charge in [-0.1, -0.05) is 58.0 Å². The zero-order chi connectivity index (χ0) is 25.8. The van der Waals surface area contributed by atoms with Crippen LogP contribution in [0.1, 0.15) is 72.8 Å². The van der Waals surface area contributed by atoms with Crippen molar-refractivity contribution in [1.29, 1.82) is 10.5 Å². The fourth-order valence-electron chi connectivity index (χ4n) is 4.99. The van der Waals surface area contributed by atoms with E-state index in [0.717, 1.165) is 18.4 Å². The number of ether oxygens (including phenoxy) is 1. The van der Waals surface area contributed by atoms with E-state index < -0.39 is 28.3 Å². The molecule has 0 spiro atoms. The summed E-state index contributed by atoms with van der Waals surface area (Å²) in [6, 6.07) is 14.2. The van der Waals surface area contributed by atoms with Crippen LogP contribution >= 0.6 is 0 Å². The maximum atomic E-state index is 11.9. The number of nitrogens with zero attached hydrogens (tertiary/aromatic N) is 2. The zero-order valence-electron chi connectivity index (χ0n) is 21.1. The molecule has 2 saturated carbocycles. The molecule has 2 N–H and O–H groups in total. The molecule has 184 valence electrons. The minimum atomic E-state index is -0.774. The predicted molar refractivity (Wildman–Crippen MR) is 128 cm³/mol. The third-order valence-electron chi connectivity index (χ3n) is 8.75. The molecule has 1 aromatic rings. The fourth-order valence-corrected chi connectivity index (χ4v) is 4.99. The quantitative estimate of drug-likeness (QED) is 0.588. The summed E-state index contributed by atoms with van der Waals surface area (Å²) in [7, 11) is 0. The highest BCUT2D eigenvalue weighted by Gasteiger charge is 2.55. The topological polar surface area (TPSA) is 123 Å². The number of hydrogen-bond acceptors (Lipinski definition) is 5. The molecule has 0 unspecified atom stereocenters. The lowest BCUT2D eigenvalue weighted by Crippen LogP contribution is -2.46. The Kier molecular flexibility index (Phi) is 8.04. The monoisotopic (exact) mass is 467 g/mol. The molecule has 0 heterocycles. The molecule has 0 saturated heterocycles. The van der Waals surface area contributed by atoms with Crippen molar-refractivity contribution in [3.63, 3.8) is 0 Å². The van der Waals surface area contributed by atoms with E-state index in [1.165, 1.54) is 0 Å². The molecule has 1 aromatic carbocycles. The highest BCUT2D eigenvalue weighted by molar-refractivity contribution is 5.72. The molecule has 3 rings (SSSR count). The summed E-state index contributed by atoms with van der Waals surface area (Å²) in [4.78, 5) is 22.9. The number of benzene rings is 1. The lowest BCUT2D eigenvalue weighted by atomic mass is 9.66. The van der Waals surface area contributed by atoms with Gasteiger partial charge in [0.05, 0.1) is 28.9 Å². The van der Waals surface area contributed by atoms with Crippen molar-refractivity contribution in [2.45, 2.75) is 79.9 Å². The van der Waals surface area contributed by atoms with Gasteiger partial charge in [-0.15, -0.1) is 0 Å². The summed E-state index contributed by atoms with van der Waals surface area (Å²) in [5.74, 6) is -1.15. The SMILES string of the molecule is CC1(C)[C@H](C(=O)O)CC[C@]1(C)C#N.CC1(C)[C@H](NC(=O)OCc2ccccc2)CC[C@]1(C)C#N. The van der Waals surface area contributed by atoms with E-state index in [2.05, 4.69) is 17.5 Å². The minimum Gasteiger partial charge on any atom is -0.481 e. The Morgan fingerprint density at radius 2 is 1.50 bits per heavy atom. The number of nitrogens with one attached hydrogen (secondary N) is 1. The lowest BCUT2D eigenvalue weighted by Gasteiger charge is -2.36. The van der Waals surface area contributed by atoms with Gasteiger partial charge in [-0.05, 0) is 50.5 Å². The van der Waals surface area contributed by atoms with Gasteiger partial charge in [0.2, 0.25) is 0 Å². The Balaban J connectivity index is 0.000000270. The molecule has 0 aliphatic heterocycles. The third kappa shape index (κ3) is 5.20. The highest BCUT2D eigenvalue weighted by Crippen LogP contribution is 2.55. The first kappa shape index (κ1) is 27.2. The maximum absolute atomic E-state index is 11.9. The molecule has 1 amide bonds. The van der Waals surface area contributed by atoms with Crippen molar-refractivity contribution in [3.8, 4) is 12.1 Å². The predicted octanol–water partition coefficient (Wildman–Crippen LogP) is 5.67. The Hall–Kier alpha value is -3.06. The van der Waals surface area contributed by atoms with Gasteiger partial charge in [0.15, 0.2) is 0 Å². The van der Waals surface area contributed by atoms with E-state index in [1.54, 1.807) is 0 Å². The Labute approximate surface area is 203 Å². The number of carbonyl (C=O) groups is 2. The van der Waals surface area contributed by atoms with Gasteiger partial charge >= 0.3 is 12.1 Å². The standard InChI is InChI=1S/C17H22N2O2.C10H15NO2/c1-16(2)14(9-10-17(16,3)12-18)19-15(20)21-11-13-7-5-4-6-8-13;1-9(2)7(8(12)13)4-5-10(9,3)6-11/h4-8,14H,9-11H2,1-3H3,(H,19,20);7H,4-5H2,1-3H3,(H,12,13)/t14-,17-;7-,10+/m10/s1. The molecule has 2 fully saturated rings. The van der Waals surface area contributed by atoms with Crippen molar-refractivity contribution in [2.24, 2.45) is 27.6 Å². The van der Waals surface area contributed by atoms with Gasteiger partial charge in [-0.2, -0.15) is 10.5 Å². The number of nitriles is 2. The number of carboxylic acid groups (broad SMARTS) is 1. The second-order valence-electron chi connectivity index (χ2n) is 11.1. The molecule has 0 radical (unpaired) electrons. The fraction of sp³-hybridized carbons (Fsp3) is 0.630. The van der Waals surface area contributed by atoms with Crippen LogP contribution in [0.2, 0.25) is 0 Å². The van der Waals surface area contributed by atoms with Gasteiger partial charge in [-0.25, -0.2) is 4.79 Å². The van der Waals surface area contributed by atoms with Crippen LogP contribution < -0.4 is 5.32 Å². The average molecular weight is 468 g/mol. The van der Waals surface area contributed by atoms with E-state index in [0.29, 0.717) is 12.8 Å². The Morgan fingerprint density at radius 3 is 1.94 bits per heavy atom. The van der Waals surface area contributed by atoms with Gasteiger partial charge in [0.1, 0.15) is 6.61 Å². The Morgan fingerprint density at radius 1 is 0.971 bits per heavy atom. The van der Waals surface area contributed by atoms with Crippen molar-refractivity contribution >= 4 is 12.1 Å². The molecule has 2 aliphatic carbocycles. The van der Waals surface area contributed by atoms with Crippen LogP contribution in [0, 0.1) is 50.2 Å². The van der Waals surface area contributed by atoms with E-state index in [1.807, 2.05) is 71.9 Å². The molecule has 4 atom stereocenters. The second-order valence-corrected chi connectivity index (χ2v) is 11.1. The van der Waals surface area contributed by atoms with Crippen molar-refractivity contribution < 1.29 is 19.4 Å². The summed E-state index contributed by atoms with van der Waals surface area (Å²) in [6.07, 6.45) is 2.48. The number of carbonyl (C=O) groups excluding carboxylic acids is 1. The molecule has 2 aliphatic rings. The molecular formula is C27H37N3O4. The number of rotatable bonds is 4. The van der Waals surface area contributed by atoms with E-state index in [-0.39, 0.29) is 24.0 Å². The van der Waals surface area contributed by atoms with E-state index in [4.69, 9.17) is 15.1 Å². The second kappa shape index (κ2) is 10.1. The van der Waals surface area contributed by atoms with Gasteiger partial charge in [0, 0.05) is 11.5 Å². The molecule has 7 heteroatoms. The molecular weight excluding hydrogens is 430 g/mol. The first-order valence-electron chi connectivity index (χ1n) is 11.8. The normalized spacial score (nSPS) is 30.7. The van der Waals surface area contributed by atoms with Crippen molar-refractivity contribution in [3.05, 3.63) is 35.9 Å². The number of carboxylic acids is 1. The molecule has 0 aromatic heterocycles. The van der Waals surface area contributed by atoms with Crippen LogP contribution in [0.5, 0.6) is 0 Å². The van der Waals surface area contributed by atoms with Crippen LogP contribution in [0.3, 0.4) is 0 Å². The smallest absolute Gasteiger partial charge is 0.407 e. The van der Waals surface area contributed by atoms with E-state index in [9.17, 15) is 14.9 Å². The summed E-state index contributed by atoms with van der Waals surface area (Å²) in [5.41, 5.74) is -0.637. The molecule has 0 bridgehead atoms. The molecule has 34 heavy (non-hydrogen) atoms. The van der Waals surface area contributed by atoms with Gasteiger partial charge in [0.25, 0.3) is 0 Å². The summed E-state index contributed by atoms with van der Waals surface area (Å²) in [5, 5.41) is 30.3. The summed E-state index contributed by atoms with van der Waals surface area (Å²) in [6.45, 7) is 11.9. The van der Waals surface area contributed by atoms with Crippen molar-refractivity contribution in [1.82, 2.24) is 5.32 Å². The van der Waals surface area contributed by atoms with Crippen LogP contribution in [0.4, 0.5) is 4.79 Å². The third-order valence-corrected chi connectivity index (χ3v) is 8.75. The van der Waals surface area contributed by atoms with Crippen molar-refractivity contribution in [2.75, 3.05) is 0 Å². The number of alkyl carbamates (subject to hydrolysis) is 1. The van der Waals surface area contributed by atoms with Gasteiger partial charge < -0.3 is 15.2 Å². The van der Waals surface area contributed by atoms with Crippen LogP contribution in [0.15, 0.2) is 30.3 Å². The summed E-state index contributed by atoms with van der Waals surface area (Å²) < 4.78 is 5.25. The maximum Gasteiger partial charge on any atom is 0.407 e. The summed E-state index contributed by atoms with van der Waals surface area (Å²) >= 11 is 0. The molecule has 7 nitrogen and oxygen atoms in total. The van der Waals surface area contributed by atoms with E-state index >= 15 is 0 Å².